The number of amides is 1. The number of H-pyrrole nitrogens is 1. The number of rotatable bonds is 4. The number of pyridine rings is 1. The van der Waals surface area contributed by atoms with Gasteiger partial charge in [-0.05, 0) is 38.1 Å². The van der Waals surface area contributed by atoms with Gasteiger partial charge in [-0.25, -0.2) is 0 Å². The first-order valence-electron chi connectivity index (χ1n) is 8.36. The predicted molar refractivity (Wildman–Crippen MR) is 100 cm³/mol. The van der Waals surface area contributed by atoms with E-state index in [1.807, 2.05) is 30.7 Å². The molecule has 7 heteroatoms. The number of aryl methyl sites for hydroxylation is 2. The highest BCUT2D eigenvalue weighted by Gasteiger charge is 2.15. The summed E-state index contributed by atoms with van der Waals surface area (Å²) in [5.74, 6) is 0.0787. The SMILES string of the molecule is CCn1nc(C)cc1-c1cc2[nH]c3c(OC)cc(C(N)=O)cc3c2cn1. The number of carbonyl (C=O) groups is 1. The van der Waals surface area contributed by atoms with Crippen molar-refractivity contribution >= 4 is 27.7 Å². The molecule has 7 nitrogen and oxygen atoms in total. The number of aromatic nitrogens is 4. The van der Waals surface area contributed by atoms with E-state index in [4.69, 9.17) is 10.5 Å². The molecule has 26 heavy (non-hydrogen) atoms. The zero-order valence-corrected chi connectivity index (χ0v) is 14.8. The minimum Gasteiger partial charge on any atom is -0.495 e. The van der Waals surface area contributed by atoms with Gasteiger partial charge in [0.2, 0.25) is 5.91 Å². The lowest BCUT2D eigenvalue weighted by molar-refractivity contribution is 0.1000. The number of methoxy groups -OCH3 is 1. The highest BCUT2D eigenvalue weighted by molar-refractivity contribution is 6.12. The van der Waals surface area contributed by atoms with Gasteiger partial charge in [-0.1, -0.05) is 0 Å². The Bertz CT molecular complexity index is 1160. The fraction of sp³-hybridized carbons (Fsp3) is 0.211. The molecule has 4 rings (SSSR count). The lowest BCUT2D eigenvalue weighted by atomic mass is 10.1. The van der Waals surface area contributed by atoms with Gasteiger partial charge >= 0.3 is 0 Å². The molecular weight excluding hydrogens is 330 g/mol. The maximum atomic E-state index is 11.6. The number of nitrogens with two attached hydrogens (primary N) is 1. The Kier molecular flexibility index (Phi) is 3.64. The summed E-state index contributed by atoms with van der Waals surface area (Å²) < 4.78 is 7.36. The number of primary amides is 1. The van der Waals surface area contributed by atoms with E-state index in [1.54, 1.807) is 25.4 Å². The third-order valence-corrected chi connectivity index (χ3v) is 4.52. The topological polar surface area (TPSA) is 98.8 Å². The molecule has 0 aliphatic rings. The Morgan fingerprint density at radius 2 is 2.08 bits per heavy atom. The largest absolute Gasteiger partial charge is 0.495 e. The van der Waals surface area contributed by atoms with E-state index in [0.29, 0.717) is 11.3 Å². The number of carbonyl (C=O) groups excluding carboxylic acids is 1. The second-order valence-corrected chi connectivity index (χ2v) is 6.19. The summed E-state index contributed by atoms with van der Waals surface area (Å²) in [5, 5.41) is 6.24. The van der Waals surface area contributed by atoms with Crippen LogP contribution in [-0.4, -0.2) is 32.8 Å². The quantitative estimate of drug-likeness (QED) is 0.591. The molecule has 1 aromatic carbocycles. The van der Waals surface area contributed by atoms with Gasteiger partial charge in [-0.3, -0.25) is 14.5 Å². The lowest BCUT2D eigenvalue weighted by Crippen LogP contribution is -2.10. The Morgan fingerprint density at radius 1 is 1.27 bits per heavy atom. The normalized spacial score (nSPS) is 11.3. The number of nitrogens with zero attached hydrogens (tertiary/aromatic N) is 3. The van der Waals surface area contributed by atoms with Crippen molar-refractivity contribution in [3.63, 3.8) is 0 Å². The summed E-state index contributed by atoms with van der Waals surface area (Å²) in [6.07, 6.45) is 1.80. The van der Waals surface area contributed by atoms with Gasteiger partial charge in [0.25, 0.3) is 0 Å². The van der Waals surface area contributed by atoms with E-state index >= 15 is 0 Å². The van der Waals surface area contributed by atoms with Crippen LogP contribution < -0.4 is 10.5 Å². The molecule has 0 radical (unpaired) electrons. The van der Waals surface area contributed by atoms with Crippen LogP contribution in [0.2, 0.25) is 0 Å². The number of hydrogen-bond donors (Lipinski definition) is 2. The highest BCUT2D eigenvalue weighted by Crippen LogP contribution is 2.34. The third kappa shape index (κ3) is 2.40. The molecule has 3 heterocycles. The average molecular weight is 349 g/mol. The van der Waals surface area contributed by atoms with Crippen molar-refractivity contribution in [2.45, 2.75) is 20.4 Å². The molecule has 0 atom stereocenters. The van der Waals surface area contributed by atoms with Gasteiger partial charge in [0.1, 0.15) is 5.75 Å². The van der Waals surface area contributed by atoms with Crippen LogP contribution in [0.4, 0.5) is 0 Å². The fourth-order valence-corrected chi connectivity index (χ4v) is 3.30. The second kappa shape index (κ2) is 5.87. The van der Waals surface area contributed by atoms with Crippen LogP contribution in [0.15, 0.2) is 30.5 Å². The number of fused-ring (bicyclic) bond motifs is 3. The molecule has 132 valence electrons. The minimum atomic E-state index is -0.494. The first-order chi connectivity index (χ1) is 12.5. The summed E-state index contributed by atoms with van der Waals surface area (Å²) in [7, 11) is 1.57. The van der Waals surface area contributed by atoms with Crippen molar-refractivity contribution in [1.82, 2.24) is 19.7 Å². The molecule has 0 fully saturated rings. The molecule has 0 unspecified atom stereocenters. The van der Waals surface area contributed by atoms with Crippen LogP contribution in [0.3, 0.4) is 0 Å². The Labute approximate surface area is 149 Å². The van der Waals surface area contributed by atoms with Gasteiger partial charge < -0.3 is 15.5 Å². The summed E-state index contributed by atoms with van der Waals surface area (Å²) in [5.41, 5.74) is 10.3. The van der Waals surface area contributed by atoms with Crippen LogP contribution in [0.1, 0.15) is 23.0 Å². The van der Waals surface area contributed by atoms with Crippen molar-refractivity contribution in [3.05, 3.63) is 41.7 Å². The van der Waals surface area contributed by atoms with Gasteiger partial charge in [-0.2, -0.15) is 5.10 Å². The Balaban J connectivity index is 1.97. The smallest absolute Gasteiger partial charge is 0.248 e. The molecule has 3 N–H and O–H groups in total. The minimum absolute atomic E-state index is 0.402. The third-order valence-electron chi connectivity index (χ3n) is 4.52. The van der Waals surface area contributed by atoms with Gasteiger partial charge in [0.05, 0.1) is 35.2 Å². The summed E-state index contributed by atoms with van der Waals surface area (Å²) in [4.78, 5) is 19.6. The summed E-state index contributed by atoms with van der Waals surface area (Å²) in [6, 6.07) is 7.41. The Morgan fingerprint density at radius 3 is 2.77 bits per heavy atom. The Hall–Kier alpha value is -3.35. The van der Waals surface area contributed by atoms with Crippen molar-refractivity contribution < 1.29 is 9.53 Å². The zero-order valence-electron chi connectivity index (χ0n) is 14.8. The number of aromatic amines is 1. The van der Waals surface area contributed by atoms with Crippen LogP contribution in [0, 0.1) is 6.92 Å². The van der Waals surface area contributed by atoms with Gasteiger partial charge in [-0.15, -0.1) is 0 Å². The zero-order chi connectivity index (χ0) is 18.4. The molecule has 1 amide bonds. The molecule has 0 saturated heterocycles. The fourth-order valence-electron chi connectivity index (χ4n) is 3.30. The maximum absolute atomic E-state index is 11.6. The summed E-state index contributed by atoms with van der Waals surface area (Å²) >= 11 is 0. The molecule has 0 aliphatic heterocycles. The van der Waals surface area contributed by atoms with Crippen molar-refractivity contribution in [2.75, 3.05) is 7.11 Å². The second-order valence-electron chi connectivity index (χ2n) is 6.19. The molecule has 3 aromatic heterocycles. The van der Waals surface area contributed by atoms with Crippen molar-refractivity contribution in [3.8, 4) is 17.1 Å². The number of benzene rings is 1. The van der Waals surface area contributed by atoms with E-state index < -0.39 is 5.91 Å². The van der Waals surface area contributed by atoms with E-state index in [2.05, 4.69) is 15.1 Å². The lowest BCUT2D eigenvalue weighted by Gasteiger charge is -2.04. The first-order valence-corrected chi connectivity index (χ1v) is 8.36. The highest BCUT2D eigenvalue weighted by atomic mass is 16.5. The number of nitrogens with one attached hydrogen (secondary N) is 1. The van der Waals surface area contributed by atoms with E-state index in [1.165, 1.54) is 0 Å². The van der Waals surface area contributed by atoms with E-state index in [-0.39, 0.29) is 0 Å². The number of ether oxygens (including phenoxy) is 1. The van der Waals surface area contributed by atoms with E-state index in [9.17, 15) is 4.79 Å². The first kappa shape index (κ1) is 16.1. The van der Waals surface area contributed by atoms with Crippen molar-refractivity contribution in [2.24, 2.45) is 5.73 Å². The van der Waals surface area contributed by atoms with Crippen LogP contribution in [0.5, 0.6) is 5.75 Å². The molecular formula is C19H19N5O2. The van der Waals surface area contributed by atoms with Crippen LogP contribution in [0.25, 0.3) is 33.2 Å². The molecule has 4 aromatic rings. The summed E-state index contributed by atoms with van der Waals surface area (Å²) in [6.45, 7) is 4.78. The monoisotopic (exact) mass is 349 g/mol. The average Bonchev–Trinajstić information content (AvgIpc) is 3.20. The van der Waals surface area contributed by atoms with E-state index in [0.717, 1.165) is 45.4 Å². The molecule has 0 aliphatic carbocycles. The van der Waals surface area contributed by atoms with Gasteiger partial charge in [0.15, 0.2) is 0 Å². The van der Waals surface area contributed by atoms with Gasteiger partial charge in [0, 0.05) is 29.1 Å². The molecule has 0 saturated carbocycles. The maximum Gasteiger partial charge on any atom is 0.248 e. The predicted octanol–water partition coefficient (Wildman–Crippen LogP) is 3.02. The van der Waals surface area contributed by atoms with Crippen molar-refractivity contribution in [1.29, 1.82) is 0 Å². The molecule has 0 bridgehead atoms. The standard InChI is InChI=1S/C19H19N5O2/c1-4-24-16(5-10(2)23-24)15-8-14-13(9-21-15)12-6-11(19(20)25)7-17(26-3)18(12)22-14/h5-9,22H,4H2,1-3H3,(H2,20,25). The van der Waals surface area contributed by atoms with Crippen LogP contribution >= 0.6 is 0 Å². The number of hydrogen-bond acceptors (Lipinski definition) is 4. The molecule has 0 spiro atoms. The van der Waals surface area contributed by atoms with Crippen LogP contribution in [-0.2, 0) is 6.54 Å².